The maximum Gasteiger partial charge on any atom is 0.122 e. The third-order valence-electron chi connectivity index (χ3n) is 5.93. The summed E-state index contributed by atoms with van der Waals surface area (Å²) in [6, 6.07) is 8.42. The molecular formula is C28H46Cl2N2O2S2. The lowest BCUT2D eigenvalue weighted by molar-refractivity contribution is 0.458. The van der Waals surface area contributed by atoms with Crippen LogP contribution in [0.3, 0.4) is 0 Å². The summed E-state index contributed by atoms with van der Waals surface area (Å²) in [5, 5.41) is 27.7. The van der Waals surface area contributed by atoms with E-state index in [2.05, 4.69) is 76.4 Å². The second kappa shape index (κ2) is 15.6. The molecule has 206 valence electrons. The Morgan fingerprint density at radius 2 is 0.972 bits per heavy atom. The molecule has 36 heavy (non-hydrogen) atoms. The molecule has 0 aromatic heterocycles. The highest BCUT2D eigenvalue weighted by molar-refractivity contribution is 8.76. The van der Waals surface area contributed by atoms with E-state index in [4.69, 9.17) is 0 Å². The molecule has 0 spiro atoms. The van der Waals surface area contributed by atoms with Crippen molar-refractivity contribution >= 4 is 46.4 Å². The molecule has 0 fully saturated rings. The van der Waals surface area contributed by atoms with Gasteiger partial charge in [-0.15, -0.1) is 24.8 Å². The minimum absolute atomic E-state index is 0. The Labute approximate surface area is 239 Å². The number of phenolic OH excluding ortho intramolecular Hbond substituents is 2. The Bertz CT molecular complexity index is 881. The van der Waals surface area contributed by atoms with Crippen molar-refractivity contribution in [2.45, 2.75) is 79.3 Å². The van der Waals surface area contributed by atoms with E-state index in [1.54, 1.807) is 0 Å². The Morgan fingerprint density at radius 1 is 0.639 bits per heavy atom. The van der Waals surface area contributed by atoms with Gasteiger partial charge < -0.3 is 20.8 Å². The molecule has 0 heterocycles. The van der Waals surface area contributed by atoms with E-state index in [1.165, 1.54) is 11.1 Å². The zero-order valence-electron chi connectivity index (χ0n) is 23.1. The van der Waals surface area contributed by atoms with Gasteiger partial charge in [0.15, 0.2) is 0 Å². The summed E-state index contributed by atoms with van der Waals surface area (Å²) in [6.07, 6.45) is 0. The van der Waals surface area contributed by atoms with Crippen LogP contribution in [0.1, 0.15) is 74.9 Å². The average molecular weight is 578 g/mol. The second-order valence-electron chi connectivity index (χ2n) is 11.1. The standard InChI is InChI=1S/C28H44N2O2S2.2ClH/c1-19-13-23(27(3,4)5)15-21(25(19)31)17-29-9-11-33-34-12-10-30-18-22-16-24(28(6,7)8)14-20(2)26(22)32;;/h13-16,29-32H,9-12,17-18H2,1-8H3;2*1H. The zero-order valence-corrected chi connectivity index (χ0v) is 26.3. The molecule has 0 aliphatic carbocycles. The number of nitrogens with one attached hydrogen (secondary N) is 2. The summed E-state index contributed by atoms with van der Waals surface area (Å²) in [7, 11) is 3.73. The van der Waals surface area contributed by atoms with Crippen LogP contribution in [0.5, 0.6) is 11.5 Å². The zero-order chi connectivity index (χ0) is 25.5. The minimum Gasteiger partial charge on any atom is -0.507 e. The van der Waals surface area contributed by atoms with Crippen LogP contribution in [0.4, 0.5) is 0 Å². The first-order chi connectivity index (χ1) is 15.8. The fourth-order valence-electron chi connectivity index (χ4n) is 3.63. The number of halogens is 2. The highest BCUT2D eigenvalue weighted by Crippen LogP contribution is 2.32. The third-order valence-corrected chi connectivity index (χ3v) is 8.34. The van der Waals surface area contributed by atoms with E-state index in [1.807, 2.05) is 35.4 Å². The van der Waals surface area contributed by atoms with Gasteiger partial charge in [0.2, 0.25) is 0 Å². The third kappa shape index (κ3) is 10.9. The Hall–Kier alpha value is -0.760. The molecule has 0 bridgehead atoms. The Kier molecular flexibility index (Phi) is 15.3. The van der Waals surface area contributed by atoms with Gasteiger partial charge in [-0.2, -0.15) is 0 Å². The van der Waals surface area contributed by atoms with Crippen LogP contribution < -0.4 is 10.6 Å². The van der Waals surface area contributed by atoms with Crippen LogP contribution in [0.2, 0.25) is 0 Å². The SMILES string of the molecule is Cc1cc(C(C)(C)C)cc(CNCCSSCCNCc2cc(C(C)(C)C)cc(C)c2O)c1O.Cl.Cl. The molecule has 2 rings (SSSR count). The molecule has 4 nitrogen and oxygen atoms in total. The van der Waals surface area contributed by atoms with Crippen molar-refractivity contribution in [3.63, 3.8) is 0 Å². The van der Waals surface area contributed by atoms with Crippen LogP contribution >= 0.6 is 46.4 Å². The van der Waals surface area contributed by atoms with Crippen LogP contribution in [0.25, 0.3) is 0 Å². The maximum absolute atomic E-state index is 10.4. The van der Waals surface area contributed by atoms with Crippen molar-refractivity contribution in [3.8, 4) is 11.5 Å². The van der Waals surface area contributed by atoms with Crippen molar-refractivity contribution in [3.05, 3.63) is 57.6 Å². The number of rotatable bonds is 11. The molecule has 0 aliphatic rings. The average Bonchev–Trinajstić information content (AvgIpc) is 2.73. The molecule has 0 radical (unpaired) electrons. The first-order valence-corrected chi connectivity index (χ1v) is 14.6. The minimum atomic E-state index is 0. The Morgan fingerprint density at radius 3 is 1.28 bits per heavy atom. The highest BCUT2D eigenvalue weighted by Gasteiger charge is 2.18. The van der Waals surface area contributed by atoms with E-state index in [0.717, 1.165) is 46.8 Å². The van der Waals surface area contributed by atoms with Gasteiger partial charge in [0.1, 0.15) is 11.5 Å². The van der Waals surface area contributed by atoms with Gasteiger partial charge in [0, 0.05) is 48.8 Å². The van der Waals surface area contributed by atoms with Gasteiger partial charge in [-0.05, 0) is 46.9 Å². The van der Waals surface area contributed by atoms with Gasteiger partial charge >= 0.3 is 0 Å². The number of benzene rings is 2. The Balaban J connectivity index is 0.00000612. The molecule has 4 N–H and O–H groups in total. The highest BCUT2D eigenvalue weighted by atomic mass is 35.5. The molecule has 0 saturated carbocycles. The lowest BCUT2D eigenvalue weighted by Crippen LogP contribution is -2.19. The molecule has 2 aromatic rings. The number of phenols is 2. The maximum atomic E-state index is 10.4. The molecule has 0 atom stereocenters. The van der Waals surface area contributed by atoms with Crippen LogP contribution in [0.15, 0.2) is 24.3 Å². The molecule has 0 saturated heterocycles. The van der Waals surface area contributed by atoms with Crippen LogP contribution in [-0.4, -0.2) is 34.8 Å². The molecular weight excluding hydrogens is 531 g/mol. The van der Waals surface area contributed by atoms with Gasteiger partial charge in [-0.1, -0.05) is 87.4 Å². The van der Waals surface area contributed by atoms with Crippen molar-refractivity contribution in [1.82, 2.24) is 10.6 Å². The summed E-state index contributed by atoms with van der Waals surface area (Å²) in [5.74, 6) is 2.83. The van der Waals surface area contributed by atoms with E-state index in [-0.39, 0.29) is 35.6 Å². The van der Waals surface area contributed by atoms with Gasteiger partial charge in [0.25, 0.3) is 0 Å². The lowest BCUT2D eigenvalue weighted by atomic mass is 9.85. The van der Waals surface area contributed by atoms with Crippen molar-refractivity contribution in [1.29, 1.82) is 0 Å². The van der Waals surface area contributed by atoms with E-state index in [9.17, 15) is 10.2 Å². The smallest absolute Gasteiger partial charge is 0.122 e. The topological polar surface area (TPSA) is 64.5 Å². The molecule has 0 amide bonds. The fourth-order valence-corrected chi connectivity index (χ4v) is 5.53. The first-order valence-electron chi connectivity index (χ1n) is 12.1. The summed E-state index contributed by atoms with van der Waals surface area (Å²) < 4.78 is 0. The molecule has 8 heteroatoms. The summed E-state index contributed by atoms with van der Waals surface area (Å²) >= 11 is 0. The quantitative estimate of drug-likeness (QED) is 0.165. The number of hydrogen-bond donors (Lipinski definition) is 4. The van der Waals surface area contributed by atoms with Gasteiger partial charge in [-0.25, -0.2) is 0 Å². The summed E-state index contributed by atoms with van der Waals surface area (Å²) in [4.78, 5) is 0. The van der Waals surface area contributed by atoms with Crippen molar-refractivity contribution in [2.24, 2.45) is 0 Å². The second-order valence-corrected chi connectivity index (χ2v) is 13.8. The van der Waals surface area contributed by atoms with E-state index in [0.29, 0.717) is 24.6 Å². The van der Waals surface area contributed by atoms with Crippen LogP contribution in [-0.2, 0) is 23.9 Å². The lowest BCUT2D eigenvalue weighted by Gasteiger charge is -2.22. The van der Waals surface area contributed by atoms with Crippen LogP contribution in [0, 0.1) is 13.8 Å². The molecule has 0 aliphatic heterocycles. The largest absolute Gasteiger partial charge is 0.507 e. The van der Waals surface area contributed by atoms with Gasteiger partial charge in [0.05, 0.1) is 0 Å². The predicted molar refractivity (Wildman–Crippen MR) is 166 cm³/mol. The number of hydrogen-bond acceptors (Lipinski definition) is 6. The molecule has 2 aromatic carbocycles. The monoisotopic (exact) mass is 576 g/mol. The normalized spacial score (nSPS) is 11.7. The van der Waals surface area contributed by atoms with Crippen molar-refractivity contribution in [2.75, 3.05) is 24.6 Å². The summed E-state index contributed by atoms with van der Waals surface area (Å²) in [6.45, 7) is 20.3. The van der Waals surface area contributed by atoms with Crippen molar-refractivity contribution < 1.29 is 10.2 Å². The van der Waals surface area contributed by atoms with E-state index >= 15 is 0 Å². The fraction of sp³-hybridized carbons (Fsp3) is 0.571. The summed E-state index contributed by atoms with van der Waals surface area (Å²) in [5.41, 5.74) is 6.48. The number of aromatic hydroxyl groups is 2. The molecule has 0 unspecified atom stereocenters. The predicted octanol–water partition coefficient (Wildman–Crippen LogP) is 7.41. The number of aryl methyl sites for hydroxylation is 2. The van der Waals surface area contributed by atoms with E-state index < -0.39 is 0 Å². The van der Waals surface area contributed by atoms with Gasteiger partial charge in [-0.3, -0.25) is 0 Å². The first kappa shape index (κ1) is 35.2.